The number of amides is 1. The number of anilines is 1. The zero-order valence-corrected chi connectivity index (χ0v) is 10.9. The van der Waals surface area contributed by atoms with E-state index < -0.39 is 0 Å². The molecular formula is C11H10N8O2. The molecule has 2 heterocycles. The van der Waals surface area contributed by atoms with Gasteiger partial charge in [-0.3, -0.25) is 10.1 Å². The Hall–Kier alpha value is -3.30. The van der Waals surface area contributed by atoms with Gasteiger partial charge in [0.05, 0.1) is 7.11 Å². The molecule has 0 saturated heterocycles. The van der Waals surface area contributed by atoms with E-state index in [4.69, 9.17) is 4.74 Å². The fourth-order valence-electron chi connectivity index (χ4n) is 1.66. The van der Waals surface area contributed by atoms with E-state index in [2.05, 4.69) is 41.1 Å². The van der Waals surface area contributed by atoms with Crippen LogP contribution in [0.4, 0.5) is 5.95 Å². The Morgan fingerprint density at radius 2 is 2.24 bits per heavy atom. The molecule has 106 valence electrons. The number of hydrogen-bond donors (Lipinski definition) is 3. The maximum absolute atomic E-state index is 12.1. The minimum absolute atomic E-state index is 0.144. The van der Waals surface area contributed by atoms with Gasteiger partial charge in [-0.05, 0) is 17.3 Å². The molecule has 1 amide bonds. The molecule has 0 bridgehead atoms. The molecule has 0 unspecified atom stereocenters. The third-order valence-corrected chi connectivity index (χ3v) is 2.61. The van der Waals surface area contributed by atoms with Crippen molar-refractivity contribution < 1.29 is 9.53 Å². The molecule has 0 aliphatic rings. The minimum atomic E-state index is -0.348. The molecule has 0 spiro atoms. The van der Waals surface area contributed by atoms with Crippen LogP contribution in [0.25, 0.3) is 11.4 Å². The van der Waals surface area contributed by atoms with Crippen LogP contribution in [-0.2, 0) is 0 Å². The third-order valence-electron chi connectivity index (χ3n) is 2.61. The molecule has 0 aliphatic carbocycles. The summed E-state index contributed by atoms with van der Waals surface area (Å²) >= 11 is 0. The van der Waals surface area contributed by atoms with Crippen molar-refractivity contribution in [2.45, 2.75) is 0 Å². The highest BCUT2D eigenvalue weighted by molar-refractivity contribution is 6.03. The van der Waals surface area contributed by atoms with Crippen LogP contribution in [0.5, 0.6) is 6.01 Å². The summed E-state index contributed by atoms with van der Waals surface area (Å²) in [5, 5.41) is 22.4. The first-order chi connectivity index (χ1) is 10.3. The van der Waals surface area contributed by atoms with Crippen LogP contribution < -0.4 is 10.1 Å². The van der Waals surface area contributed by atoms with Gasteiger partial charge in [0, 0.05) is 11.1 Å². The summed E-state index contributed by atoms with van der Waals surface area (Å²) in [6, 6.07) is 6.95. The van der Waals surface area contributed by atoms with E-state index in [1.54, 1.807) is 24.3 Å². The fraction of sp³-hybridized carbons (Fsp3) is 0.0909. The zero-order chi connectivity index (χ0) is 14.7. The molecule has 0 saturated carbocycles. The quantitative estimate of drug-likeness (QED) is 0.625. The number of tetrazole rings is 1. The van der Waals surface area contributed by atoms with Crippen LogP contribution in [-0.4, -0.2) is 48.8 Å². The topological polar surface area (TPSA) is 134 Å². The second-order valence-corrected chi connectivity index (χ2v) is 3.94. The average Bonchev–Trinajstić information content (AvgIpc) is 3.18. The highest BCUT2D eigenvalue weighted by atomic mass is 16.5. The fourth-order valence-corrected chi connectivity index (χ4v) is 1.66. The third kappa shape index (κ3) is 2.68. The van der Waals surface area contributed by atoms with Crippen LogP contribution in [0, 0.1) is 0 Å². The molecule has 3 N–H and O–H groups in total. The Labute approximate surface area is 117 Å². The van der Waals surface area contributed by atoms with E-state index in [-0.39, 0.29) is 17.9 Å². The number of carbonyl (C=O) groups excluding carboxylic acids is 1. The Morgan fingerprint density at radius 1 is 1.33 bits per heavy atom. The van der Waals surface area contributed by atoms with Gasteiger partial charge in [0.1, 0.15) is 0 Å². The number of H-pyrrole nitrogens is 2. The van der Waals surface area contributed by atoms with Gasteiger partial charge in [-0.15, -0.1) is 15.3 Å². The second kappa shape index (κ2) is 5.36. The van der Waals surface area contributed by atoms with Gasteiger partial charge in [0.2, 0.25) is 11.8 Å². The Bertz CT molecular complexity index is 751. The van der Waals surface area contributed by atoms with Crippen molar-refractivity contribution in [3.63, 3.8) is 0 Å². The van der Waals surface area contributed by atoms with Gasteiger partial charge in [0.15, 0.2) is 0 Å². The van der Waals surface area contributed by atoms with Crippen molar-refractivity contribution >= 4 is 11.9 Å². The number of methoxy groups -OCH3 is 1. The largest absolute Gasteiger partial charge is 0.466 e. The van der Waals surface area contributed by atoms with E-state index in [9.17, 15) is 4.79 Å². The lowest BCUT2D eigenvalue weighted by molar-refractivity contribution is 0.102. The number of nitrogens with zero attached hydrogens (tertiary/aromatic N) is 5. The number of rotatable bonds is 4. The predicted octanol–water partition coefficient (Wildman–Crippen LogP) is 0.246. The molecule has 0 radical (unpaired) electrons. The lowest BCUT2D eigenvalue weighted by atomic mass is 10.1. The molecule has 2 aromatic heterocycles. The predicted molar refractivity (Wildman–Crippen MR) is 70.5 cm³/mol. The number of benzene rings is 1. The highest BCUT2D eigenvalue weighted by Crippen LogP contribution is 2.16. The summed E-state index contributed by atoms with van der Waals surface area (Å²) in [5.41, 5.74) is 1.10. The lowest BCUT2D eigenvalue weighted by Crippen LogP contribution is -2.13. The number of nitrogens with one attached hydrogen (secondary N) is 3. The summed E-state index contributed by atoms with van der Waals surface area (Å²) in [5.74, 6) is 0.256. The summed E-state index contributed by atoms with van der Waals surface area (Å²) < 4.78 is 4.82. The number of carbonyl (C=O) groups is 1. The molecule has 3 aromatic rings. The van der Waals surface area contributed by atoms with Crippen molar-refractivity contribution in [2.75, 3.05) is 12.4 Å². The summed E-state index contributed by atoms with van der Waals surface area (Å²) in [4.78, 5) is 16.0. The van der Waals surface area contributed by atoms with Gasteiger partial charge in [-0.1, -0.05) is 12.1 Å². The molecule has 0 atom stereocenters. The smallest absolute Gasteiger partial charge is 0.336 e. The minimum Gasteiger partial charge on any atom is -0.466 e. The summed E-state index contributed by atoms with van der Waals surface area (Å²) in [6.45, 7) is 0. The van der Waals surface area contributed by atoms with Crippen LogP contribution in [0.15, 0.2) is 24.3 Å². The average molecular weight is 286 g/mol. The standard InChI is InChI=1S/C11H10N8O2/c1-21-11-13-10(16-17-11)12-9(20)7-4-2-3-6(5-7)8-14-18-19-15-8/h2-5H,1H3,(H,14,15,18,19)(H2,12,13,16,17,20). The molecular weight excluding hydrogens is 276 g/mol. The maximum atomic E-state index is 12.1. The first kappa shape index (κ1) is 12.7. The molecule has 1 aromatic carbocycles. The Kier molecular flexibility index (Phi) is 3.25. The van der Waals surface area contributed by atoms with Gasteiger partial charge in [-0.25, -0.2) is 5.10 Å². The number of aromatic nitrogens is 7. The summed E-state index contributed by atoms with van der Waals surface area (Å²) in [7, 11) is 1.43. The van der Waals surface area contributed by atoms with Crippen LogP contribution >= 0.6 is 0 Å². The summed E-state index contributed by atoms with van der Waals surface area (Å²) in [6.07, 6.45) is 0. The lowest BCUT2D eigenvalue weighted by Gasteiger charge is -2.02. The second-order valence-electron chi connectivity index (χ2n) is 3.94. The van der Waals surface area contributed by atoms with E-state index in [0.717, 1.165) is 0 Å². The molecule has 0 fully saturated rings. The van der Waals surface area contributed by atoms with Gasteiger partial charge >= 0.3 is 6.01 Å². The molecule has 21 heavy (non-hydrogen) atoms. The van der Waals surface area contributed by atoms with Crippen LogP contribution in [0.2, 0.25) is 0 Å². The van der Waals surface area contributed by atoms with Gasteiger partial charge < -0.3 is 4.74 Å². The van der Waals surface area contributed by atoms with Crippen LogP contribution in [0.1, 0.15) is 10.4 Å². The zero-order valence-electron chi connectivity index (χ0n) is 10.9. The van der Waals surface area contributed by atoms with Gasteiger partial charge in [-0.2, -0.15) is 10.2 Å². The number of hydrogen-bond acceptors (Lipinski definition) is 7. The molecule has 10 nitrogen and oxygen atoms in total. The van der Waals surface area contributed by atoms with Crippen molar-refractivity contribution in [1.29, 1.82) is 0 Å². The molecule has 3 rings (SSSR count). The van der Waals surface area contributed by atoms with E-state index >= 15 is 0 Å². The van der Waals surface area contributed by atoms with Gasteiger partial charge in [0.25, 0.3) is 5.91 Å². The Morgan fingerprint density at radius 3 is 2.95 bits per heavy atom. The normalized spacial score (nSPS) is 10.3. The first-order valence-electron chi connectivity index (χ1n) is 5.88. The molecule has 10 heteroatoms. The van der Waals surface area contributed by atoms with Crippen LogP contribution in [0.3, 0.4) is 0 Å². The van der Waals surface area contributed by atoms with Crippen molar-refractivity contribution in [3.05, 3.63) is 29.8 Å². The van der Waals surface area contributed by atoms with E-state index in [1.807, 2.05) is 0 Å². The SMILES string of the molecule is COc1n[nH]c(NC(=O)c2cccc(-c3nn[nH]n3)c2)n1. The van der Waals surface area contributed by atoms with E-state index in [1.165, 1.54) is 7.11 Å². The van der Waals surface area contributed by atoms with E-state index in [0.29, 0.717) is 17.0 Å². The molecule has 0 aliphatic heterocycles. The monoisotopic (exact) mass is 286 g/mol. The maximum Gasteiger partial charge on any atom is 0.336 e. The van der Waals surface area contributed by atoms with Crippen molar-refractivity contribution in [1.82, 2.24) is 35.8 Å². The number of ether oxygens (including phenoxy) is 1. The Balaban J connectivity index is 1.80. The number of aromatic amines is 2. The van der Waals surface area contributed by atoms with Crippen molar-refractivity contribution in [3.8, 4) is 17.4 Å². The first-order valence-corrected chi connectivity index (χ1v) is 5.88. The van der Waals surface area contributed by atoms with Crippen molar-refractivity contribution in [2.24, 2.45) is 0 Å². The highest BCUT2D eigenvalue weighted by Gasteiger charge is 2.11.